The van der Waals surface area contributed by atoms with Gasteiger partial charge in [0.2, 0.25) is 0 Å². The SMILES string of the molecule is CSc1ccc2c(c1)CCN(C(=O)c1c(C)cc(C)[nH]c1=O)C2. The van der Waals surface area contributed by atoms with Crippen molar-refractivity contribution in [2.24, 2.45) is 0 Å². The number of carbonyl (C=O) groups is 1. The van der Waals surface area contributed by atoms with Gasteiger partial charge in [-0.3, -0.25) is 9.59 Å². The van der Waals surface area contributed by atoms with Gasteiger partial charge in [-0.1, -0.05) is 6.07 Å². The number of benzene rings is 1. The smallest absolute Gasteiger partial charge is 0.261 e. The zero-order valence-corrected chi connectivity index (χ0v) is 14.4. The van der Waals surface area contributed by atoms with Crippen LogP contribution in [0.3, 0.4) is 0 Å². The first-order chi connectivity index (χ1) is 11.0. The summed E-state index contributed by atoms with van der Waals surface area (Å²) in [4.78, 5) is 30.7. The third-order valence-corrected chi connectivity index (χ3v) is 5.02. The normalized spacial score (nSPS) is 13.8. The number of aromatic amines is 1. The number of thioether (sulfide) groups is 1. The van der Waals surface area contributed by atoms with Crippen molar-refractivity contribution in [3.63, 3.8) is 0 Å². The number of hydrogen-bond donors (Lipinski definition) is 1. The molecule has 0 unspecified atom stereocenters. The molecule has 1 N–H and O–H groups in total. The second kappa shape index (κ2) is 6.24. The summed E-state index contributed by atoms with van der Waals surface area (Å²) in [5, 5.41) is 0. The average molecular weight is 328 g/mol. The number of hydrogen-bond acceptors (Lipinski definition) is 3. The highest BCUT2D eigenvalue weighted by molar-refractivity contribution is 7.98. The first-order valence-electron chi connectivity index (χ1n) is 7.65. The summed E-state index contributed by atoms with van der Waals surface area (Å²) in [6, 6.07) is 8.22. The van der Waals surface area contributed by atoms with Gasteiger partial charge in [0.1, 0.15) is 5.56 Å². The summed E-state index contributed by atoms with van der Waals surface area (Å²) in [5.74, 6) is -0.177. The molecule has 3 rings (SSSR count). The Morgan fingerprint density at radius 3 is 2.70 bits per heavy atom. The fourth-order valence-electron chi connectivity index (χ4n) is 3.11. The van der Waals surface area contributed by atoms with Gasteiger partial charge >= 0.3 is 0 Å². The predicted molar refractivity (Wildman–Crippen MR) is 93.2 cm³/mol. The highest BCUT2D eigenvalue weighted by atomic mass is 32.2. The number of amides is 1. The van der Waals surface area contributed by atoms with E-state index in [1.807, 2.05) is 19.9 Å². The molecule has 5 heteroatoms. The largest absolute Gasteiger partial charge is 0.334 e. The molecule has 2 aromatic rings. The zero-order chi connectivity index (χ0) is 16.6. The third kappa shape index (κ3) is 3.06. The molecule has 1 aliphatic heterocycles. The van der Waals surface area contributed by atoms with E-state index < -0.39 is 0 Å². The number of nitrogens with zero attached hydrogens (tertiary/aromatic N) is 1. The van der Waals surface area contributed by atoms with Crippen LogP contribution in [0.5, 0.6) is 0 Å². The quantitative estimate of drug-likeness (QED) is 0.863. The molecule has 0 saturated heterocycles. The second-order valence-corrected chi connectivity index (χ2v) is 6.83. The monoisotopic (exact) mass is 328 g/mol. The Labute approximate surface area is 139 Å². The van der Waals surface area contributed by atoms with E-state index >= 15 is 0 Å². The fraction of sp³-hybridized carbons (Fsp3) is 0.333. The van der Waals surface area contributed by atoms with Crippen molar-refractivity contribution in [3.8, 4) is 0 Å². The molecular weight excluding hydrogens is 308 g/mol. The molecule has 1 aromatic carbocycles. The predicted octanol–water partition coefficient (Wildman–Crippen LogP) is 2.91. The summed E-state index contributed by atoms with van der Waals surface area (Å²) < 4.78 is 0. The molecule has 0 saturated carbocycles. The number of fused-ring (bicyclic) bond motifs is 1. The lowest BCUT2D eigenvalue weighted by molar-refractivity contribution is 0.0732. The number of rotatable bonds is 2. The Morgan fingerprint density at radius 2 is 2.00 bits per heavy atom. The first-order valence-corrected chi connectivity index (χ1v) is 8.87. The van der Waals surface area contributed by atoms with Crippen LogP contribution in [-0.4, -0.2) is 28.6 Å². The minimum atomic E-state index is -0.295. The summed E-state index contributed by atoms with van der Waals surface area (Å²) in [5.41, 5.74) is 3.95. The molecule has 0 spiro atoms. The molecule has 0 bridgehead atoms. The van der Waals surface area contributed by atoms with Gasteiger partial charge in [-0.05, 0) is 61.4 Å². The van der Waals surface area contributed by atoms with E-state index in [1.54, 1.807) is 16.7 Å². The number of aryl methyl sites for hydroxylation is 2. The molecule has 0 fully saturated rings. The molecule has 1 aromatic heterocycles. The number of nitrogens with one attached hydrogen (secondary N) is 1. The molecule has 23 heavy (non-hydrogen) atoms. The number of pyridine rings is 1. The fourth-order valence-corrected chi connectivity index (χ4v) is 3.57. The topological polar surface area (TPSA) is 53.2 Å². The van der Waals surface area contributed by atoms with E-state index in [4.69, 9.17) is 0 Å². The Hall–Kier alpha value is -2.01. The van der Waals surface area contributed by atoms with Crippen LogP contribution in [0.2, 0.25) is 0 Å². The van der Waals surface area contributed by atoms with Gasteiger partial charge in [-0.2, -0.15) is 0 Å². The molecule has 1 aliphatic rings. The Kier molecular flexibility index (Phi) is 4.31. The van der Waals surface area contributed by atoms with Crippen molar-refractivity contribution < 1.29 is 4.79 Å². The minimum Gasteiger partial charge on any atom is -0.334 e. The van der Waals surface area contributed by atoms with E-state index in [-0.39, 0.29) is 17.0 Å². The highest BCUT2D eigenvalue weighted by Crippen LogP contribution is 2.25. The minimum absolute atomic E-state index is 0.177. The van der Waals surface area contributed by atoms with E-state index in [9.17, 15) is 9.59 Å². The maximum Gasteiger partial charge on any atom is 0.261 e. The van der Waals surface area contributed by atoms with E-state index in [1.165, 1.54) is 16.0 Å². The van der Waals surface area contributed by atoms with E-state index in [2.05, 4.69) is 29.4 Å². The zero-order valence-electron chi connectivity index (χ0n) is 13.6. The van der Waals surface area contributed by atoms with Gasteiger partial charge in [0.15, 0.2) is 0 Å². The van der Waals surface area contributed by atoms with Crippen LogP contribution in [0.4, 0.5) is 0 Å². The van der Waals surface area contributed by atoms with Crippen LogP contribution >= 0.6 is 11.8 Å². The van der Waals surface area contributed by atoms with Gasteiger partial charge in [-0.25, -0.2) is 0 Å². The number of H-pyrrole nitrogens is 1. The van der Waals surface area contributed by atoms with Gasteiger partial charge < -0.3 is 9.88 Å². The van der Waals surface area contributed by atoms with Crippen molar-refractivity contribution in [2.75, 3.05) is 12.8 Å². The Balaban J connectivity index is 1.89. The van der Waals surface area contributed by atoms with Crippen LogP contribution in [0, 0.1) is 13.8 Å². The second-order valence-electron chi connectivity index (χ2n) is 5.95. The Morgan fingerprint density at radius 1 is 1.22 bits per heavy atom. The number of carbonyl (C=O) groups excluding carboxylic acids is 1. The van der Waals surface area contributed by atoms with Crippen molar-refractivity contribution in [3.05, 3.63) is 62.6 Å². The van der Waals surface area contributed by atoms with Crippen LogP contribution in [0.15, 0.2) is 34.0 Å². The van der Waals surface area contributed by atoms with Gasteiger partial charge in [0, 0.05) is 23.7 Å². The van der Waals surface area contributed by atoms with Gasteiger partial charge in [0.25, 0.3) is 11.5 Å². The molecule has 1 amide bonds. The maximum atomic E-state index is 12.8. The van der Waals surface area contributed by atoms with Crippen molar-refractivity contribution >= 4 is 17.7 Å². The summed E-state index contributed by atoms with van der Waals surface area (Å²) in [7, 11) is 0. The standard InChI is InChI=1S/C18H20N2O2S/c1-11-8-12(2)19-17(21)16(11)18(22)20-7-6-13-9-15(23-3)5-4-14(13)10-20/h4-5,8-9H,6-7,10H2,1-3H3,(H,19,21). The van der Waals surface area contributed by atoms with E-state index in [0.29, 0.717) is 13.1 Å². The van der Waals surface area contributed by atoms with Crippen molar-refractivity contribution in [2.45, 2.75) is 31.7 Å². The highest BCUT2D eigenvalue weighted by Gasteiger charge is 2.25. The van der Waals surface area contributed by atoms with Gasteiger partial charge in [0.05, 0.1) is 0 Å². The molecule has 4 nitrogen and oxygen atoms in total. The van der Waals surface area contributed by atoms with Crippen molar-refractivity contribution in [1.82, 2.24) is 9.88 Å². The summed E-state index contributed by atoms with van der Waals surface area (Å²) in [6.07, 6.45) is 2.89. The molecule has 0 atom stereocenters. The lowest BCUT2D eigenvalue weighted by Gasteiger charge is -2.29. The van der Waals surface area contributed by atoms with Gasteiger partial charge in [-0.15, -0.1) is 11.8 Å². The molecule has 0 aliphatic carbocycles. The van der Waals surface area contributed by atoms with Crippen molar-refractivity contribution in [1.29, 1.82) is 0 Å². The summed E-state index contributed by atoms with van der Waals surface area (Å²) in [6.45, 7) is 4.85. The number of aromatic nitrogens is 1. The van der Waals surface area contributed by atoms with Crippen LogP contribution in [0.1, 0.15) is 32.7 Å². The lowest BCUT2D eigenvalue weighted by Crippen LogP contribution is -2.39. The van der Waals surface area contributed by atoms with E-state index in [0.717, 1.165) is 17.7 Å². The summed E-state index contributed by atoms with van der Waals surface area (Å²) >= 11 is 1.72. The van der Waals surface area contributed by atoms with Crippen LogP contribution in [0.25, 0.3) is 0 Å². The third-order valence-electron chi connectivity index (χ3n) is 4.29. The molecule has 0 radical (unpaired) electrons. The maximum absolute atomic E-state index is 12.8. The average Bonchev–Trinajstić information content (AvgIpc) is 2.52. The molecule has 2 heterocycles. The molecular formula is C18H20N2O2S. The Bertz CT molecular complexity index is 826. The van der Waals surface area contributed by atoms with Crippen LogP contribution in [-0.2, 0) is 13.0 Å². The van der Waals surface area contributed by atoms with Crippen LogP contribution < -0.4 is 5.56 Å². The molecule has 120 valence electrons. The lowest BCUT2D eigenvalue weighted by atomic mass is 9.99. The first kappa shape index (κ1) is 15.9.